The predicted octanol–water partition coefficient (Wildman–Crippen LogP) is 4.26. The Bertz CT molecular complexity index is 1200. The second-order valence-corrected chi connectivity index (χ2v) is 7.44. The first kappa shape index (κ1) is 18.4. The molecule has 0 bridgehead atoms. The molecule has 1 heterocycles. The lowest BCUT2D eigenvalue weighted by Gasteiger charge is -2.18. The van der Waals surface area contributed by atoms with Gasteiger partial charge in [-0.2, -0.15) is 0 Å². The first-order valence-electron chi connectivity index (χ1n) is 9.25. The predicted molar refractivity (Wildman–Crippen MR) is 114 cm³/mol. The molecule has 0 atom stereocenters. The molecule has 3 aromatic rings. The largest absolute Gasteiger partial charge is 0.494 e. The van der Waals surface area contributed by atoms with Crippen molar-refractivity contribution in [1.29, 1.82) is 0 Å². The summed E-state index contributed by atoms with van der Waals surface area (Å²) in [6, 6.07) is 15.4. The maximum atomic E-state index is 13.3. The van der Waals surface area contributed by atoms with E-state index in [9.17, 15) is 9.90 Å². The van der Waals surface area contributed by atoms with Crippen molar-refractivity contribution in [2.24, 2.45) is 4.99 Å². The summed E-state index contributed by atoms with van der Waals surface area (Å²) in [6.45, 7) is 3.87. The number of para-hydroxylation sites is 2. The number of aliphatic imine (C=N–C) groups is 1. The van der Waals surface area contributed by atoms with Gasteiger partial charge in [-0.25, -0.2) is 0 Å². The Labute approximate surface area is 168 Å². The molecule has 6 heteroatoms. The van der Waals surface area contributed by atoms with E-state index in [4.69, 9.17) is 12.2 Å². The zero-order chi connectivity index (χ0) is 19.8. The standard InChI is InChI=1S/C22H21N3O2S/c1-14-7-3-5-9-18(14)24-20(26)17(13-23-16-11-12-16)21(27)25(22(24)28)19-10-6-4-8-15(19)2/h3-10,13,16,26H,11-12H2,1-2H3. The van der Waals surface area contributed by atoms with Crippen LogP contribution in [-0.2, 0) is 0 Å². The molecular formula is C22H21N3O2S. The van der Waals surface area contributed by atoms with Crippen molar-refractivity contribution in [3.63, 3.8) is 0 Å². The van der Waals surface area contributed by atoms with Gasteiger partial charge in [0.25, 0.3) is 5.56 Å². The van der Waals surface area contributed by atoms with Crippen LogP contribution < -0.4 is 5.56 Å². The summed E-state index contributed by atoms with van der Waals surface area (Å²) in [4.78, 5) is 17.7. The number of hydrogen-bond acceptors (Lipinski definition) is 4. The quantitative estimate of drug-likeness (QED) is 0.534. The number of aryl methyl sites for hydroxylation is 2. The fourth-order valence-corrected chi connectivity index (χ4v) is 3.55. The van der Waals surface area contributed by atoms with Crippen molar-refractivity contribution >= 4 is 18.4 Å². The third-order valence-corrected chi connectivity index (χ3v) is 5.31. The SMILES string of the molecule is Cc1ccccc1-n1c(O)c(C=NC2CC2)c(=O)n(-c2ccccc2C)c1=S. The van der Waals surface area contributed by atoms with Gasteiger partial charge < -0.3 is 5.11 Å². The Hall–Kier alpha value is -2.99. The molecule has 0 radical (unpaired) electrons. The zero-order valence-electron chi connectivity index (χ0n) is 15.8. The van der Waals surface area contributed by atoms with Crippen molar-refractivity contribution in [2.75, 3.05) is 0 Å². The van der Waals surface area contributed by atoms with Gasteiger partial charge in [0.2, 0.25) is 5.88 Å². The summed E-state index contributed by atoms with van der Waals surface area (Å²) in [5.74, 6) is -0.182. The molecule has 0 unspecified atom stereocenters. The van der Waals surface area contributed by atoms with Crippen LogP contribution in [0.5, 0.6) is 5.88 Å². The van der Waals surface area contributed by atoms with Crippen LogP contribution >= 0.6 is 12.2 Å². The molecule has 0 saturated heterocycles. The molecule has 2 aromatic carbocycles. The summed E-state index contributed by atoms with van der Waals surface area (Å²) in [6.07, 6.45) is 3.52. The van der Waals surface area contributed by atoms with Gasteiger partial charge in [0.1, 0.15) is 5.56 Å². The molecule has 0 amide bonds. The third-order valence-electron chi connectivity index (χ3n) is 4.94. The second-order valence-electron chi connectivity index (χ2n) is 7.08. The Balaban J connectivity index is 2.09. The lowest BCUT2D eigenvalue weighted by atomic mass is 10.2. The van der Waals surface area contributed by atoms with E-state index < -0.39 is 0 Å². The number of benzene rings is 2. The van der Waals surface area contributed by atoms with Gasteiger partial charge >= 0.3 is 0 Å². The van der Waals surface area contributed by atoms with Crippen LogP contribution in [0.3, 0.4) is 0 Å². The van der Waals surface area contributed by atoms with Crippen LogP contribution in [0.1, 0.15) is 29.5 Å². The number of aromatic hydroxyl groups is 1. The summed E-state index contributed by atoms with van der Waals surface area (Å²) in [5.41, 5.74) is 3.06. The molecule has 1 aliphatic carbocycles. The highest BCUT2D eigenvalue weighted by Crippen LogP contribution is 2.26. The highest BCUT2D eigenvalue weighted by Gasteiger charge is 2.22. The van der Waals surface area contributed by atoms with Gasteiger partial charge in [-0.3, -0.25) is 18.9 Å². The van der Waals surface area contributed by atoms with Gasteiger partial charge in [-0.05, 0) is 62.2 Å². The molecule has 1 fully saturated rings. The minimum Gasteiger partial charge on any atom is -0.494 e. The highest BCUT2D eigenvalue weighted by molar-refractivity contribution is 7.71. The van der Waals surface area contributed by atoms with Crippen molar-refractivity contribution in [2.45, 2.75) is 32.7 Å². The maximum absolute atomic E-state index is 13.3. The molecule has 1 aliphatic rings. The molecule has 142 valence electrons. The number of hydrogen-bond donors (Lipinski definition) is 1. The Morgan fingerprint density at radius 2 is 1.54 bits per heavy atom. The van der Waals surface area contributed by atoms with Gasteiger partial charge in [0.15, 0.2) is 4.77 Å². The van der Waals surface area contributed by atoms with Crippen molar-refractivity contribution in [3.05, 3.63) is 80.3 Å². The summed E-state index contributed by atoms with van der Waals surface area (Å²) >= 11 is 5.68. The van der Waals surface area contributed by atoms with Gasteiger partial charge in [-0.1, -0.05) is 36.4 Å². The molecular weight excluding hydrogens is 370 g/mol. The van der Waals surface area contributed by atoms with E-state index in [0.717, 1.165) is 29.7 Å². The van der Waals surface area contributed by atoms with Gasteiger partial charge in [0, 0.05) is 6.21 Å². The average molecular weight is 391 g/mol. The number of rotatable bonds is 4. The topological polar surface area (TPSA) is 59.5 Å². The maximum Gasteiger partial charge on any atom is 0.271 e. The zero-order valence-corrected chi connectivity index (χ0v) is 16.6. The van der Waals surface area contributed by atoms with E-state index >= 15 is 0 Å². The van der Waals surface area contributed by atoms with Crippen molar-refractivity contribution < 1.29 is 5.11 Å². The van der Waals surface area contributed by atoms with Crippen LogP contribution in [0.25, 0.3) is 11.4 Å². The number of aromatic nitrogens is 2. The highest BCUT2D eigenvalue weighted by atomic mass is 32.1. The Kier molecular flexibility index (Phi) is 4.73. The van der Waals surface area contributed by atoms with Crippen LogP contribution in [-0.4, -0.2) is 26.5 Å². The summed E-state index contributed by atoms with van der Waals surface area (Å²) in [5, 5.41) is 11.0. The molecule has 1 aromatic heterocycles. The van der Waals surface area contributed by atoms with Gasteiger partial charge in [-0.15, -0.1) is 0 Å². The normalized spacial score (nSPS) is 13.9. The van der Waals surface area contributed by atoms with Gasteiger partial charge in [0.05, 0.1) is 17.4 Å². The second kappa shape index (κ2) is 7.20. The monoisotopic (exact) mass is 391 g/mol. The first-order valence-corrected chi connectivity index (χ1v) is 9.66. The van der Waals surface area contributed by atoms with Crippen LogP contribution in [0.2, 0.25) is 0 Å². The molecule has 5 nitrogen and oxygen atoms in total. The lowest BCUT2D eigenvalue weighted by Crippen LogP contribution is -2.27. The minimum atomic E-state index is -0.369. The van der Waals surface area contributed by atoms with E-state index in [1.54, 1.807) is 4.57 Å². The fraction of sp³-hybridized carbons (Fsp3) is 0.227. The van der Waals surface area contributed by atoms with Crippen LogP contribution in [0.15, 0.2) is 58.3 Å². The molecule has 1 saturated carbocycles. The van der Waals surface area contributed by atoms with E-state index in [2.05, 4.69) is 4.99 Å². The van der Waals surface area contributed by atoms with Crippen LogP contribution in [0.4, 0.5) is 0 Å². The van der Waals surface area contributed by atoms with Crippen LogP contribution in [0, 0.1) is 18.6 Å². The Morgan fingerprint density at radius 1 is 1.00 bits per heavy atom. The average Bonchev–Trinajstić information content (AvgIpc) is 3.49. The smallest absolute Gasteiger partial charge is 0.271 e. The fourth-order valence-electron chi connectivity index (χ4n) is 3.19. The molecule has 0 aliphatic heterocycles. The molecule has 0 spiro atoms. The van der Waals surface area contributed by atoms with E-state index in [1.165, 1.54) is 10.8 Å². The van der Waals surface area contributed by atoms with E-state index in [1.807, 2.05) is 62.4 Å². The minimum absolute atomic E-state index is 0.145. The van der Waals surface area contributed by atoms with Crippen molar-refractivity contribution in [1.82, 2.24) is 9.13 Å². The lowest BCUT2D eigenvalue weighted by molar-refractivity contribution is 0.429. The summed E-state index contributed by atoms with van der Waals surface area (Å²) in [7, 11) is 0. The van der Waals surface area contributed by atoms with E-state index in [0.29, 0.717) is 5.69 Å². The third kappa shape index (κ3) is 3.20. The number of nitrogens with zero attached hydrogens (tertiary/aromatic N) is 3. The molecule has 1 N–H and O–H groups in total. The first-order chi connectivity index (χ1) is 13.5. The van der Waals surface area contributed by atoms with E-state index in [-0.39, 0.29) is 27.8 Å². The Morgan fingerprint density at radius 3 is 2.07 bits per heavy atom. The van der Waals surface area contributed by atoms with Crippen molar-refractivity contribution in [3.8, 4) is 17.3 Å². The molecule has 28 heavy (non-hydrogen) atoms. The summed E-state index contributed by atoms with van der Waals surface area (Å²) < 4.78 is 3.24. The molecule has 4 rings (SSSR count).